The average molecular weight is 313 g/mol. The minimum atomic E-state index is -0.0991. The summed E-state index contributed by atoms with van der Waals surface area (Å²) < 4.78 is 0. The smallest absolute Gasteiger partial charge is 0.269 e. The molecule has 0 saturated carbocycles. The first-order valence-corrected chi connectivity index (χ1v) is 8.04. The number of piperazine rings is 1. The maximum Gasteiger partial charge on any atom is 0.269 e. The topological polar surface area (TPSA) is 64.3 Å². The van der Waals surface area contributed by atoms with Gasteiger partial charge in [0.1, 0.15) is 5.69 Å². The Balaban J connectivity index is 1.44. The molecule has 1 saturated heterocycles. The van der Waals surface area contributed by atoms with Crippen molar-refractivity contribution in [3.8, 4) is 0 Å². The highest BCUT2D eigenvalue weighted by Gasteiger charge is 2.19. The summed E-state index contributed by atoms with van der Waals surface area (Å²) in [5.74, 6) is -0.0991. The SMILES string of the molecule is CC(CN1CCN(c2ccccc2)CC1)NC(=O)c1cnc[nH]1. The lowest BCUT2D eigenvalue weighted by molar-refractivity contribution is 0.0923. The standard InChI is InChI=1S/C17H23N5O/c1-14(20-17(23)16-11-18-13-19-16)12-21-7-9-22(10-8-21)15-5-3-2-4-6-15/h2-6,11,13-14H,7-10,12H2,1H3,(H,18,19)(H,20,23). The predicted molar refractivity (Wildman–Crippen MR) is 90.6 cm³/mol. The lowest BCUT2D eigenvalue weighted by Crippen LogP contribution is -2.50. The van der Waals surface area contributed by atoms with Crippen molar-refractivity contribution in [2.24, 2.45) is 0 Å². The molecule has 1 aromatic carbocycles. The van der Waals surface area contributed by atoms with E-state index in [1.165, 1.54) is 12.0 Å². The third-order valence-corrected chi connectivity index (χ3v) is 4.15. The van der Waals surface area contributed by atoms with E-state index in [1.807, 2.05) is 13.0 Å². The fraction of sp³-hybridized carbons (Fsp3) is 0.412. The Kier molecular flexibility index (Phi) is 4.92. The molecule has 1 aliphatic heterocycles. The van der Waals surface area contributed by atoms with Gasteiger partial charge in [0, 0.05) is 44.5 Å². The van der Waals surface area contributed by atoms with E-state index in [4.69, 9.17) is 0 Å². The number of hydrogen-bond donors (Lipinski definition) is 2. The van der Waals surface area contributed by atoms with Gasteiger partial charge in [-0.15, -0.1) is 0 Å². The second kappa shape index (κ2) is 7.28. The number of carbonyl (C=O) groups excluding carboxylic acids is 1. The molecule has 23 heavy (non-hydrogen) atoms. The zero-order valence-corrected chi connectivity index (χ0v) is 13.4. The van der Waals surface area contributed by atoms with Crippen LogP contribution in [-0.2, 0) is 0 Å². The van der Waals surface area contributed by atoms with E-state index >= 15 is 0 Å². The quantitative estimate of drug-likeness (QED) is 0.874. The van der Waals surface area contributed by atoms with Crippen molar-refractivity contribution in [3.63, 3.8) is 0 Å². The van der Waals surface area contributed by atoms with Crippen LogP contribution in [-0.4, -0.2) is 59.5 Å². The molecule has 1 amide bonds. The van der Waals surface area contributed by atoms with Gasteiger partial charge in [0.15, 0.2) is 0 Å². The number of aromatic amines is 1. The first-order chi connectivity index (χ1) is 11.2. The number of benzene rings is 1. The van der Waals surface area contributed by atoms with E-state index in [9.17, 15) is 4.79 Å². The average Bonchev–Trinajstić information content (AvgIpc) is 3.11. The predicted octanol–water partition coefficient (Wildman–Crippen LogP) is 1.35. The zero-order chi connectivity index (χ0) is 16.1. The van der Waals surface area contributed by atoms with Crippen molar-refractivity contribution in [3.05, 3.63) is 48.5 Å². The van der Waals surface area contributed by atoms with Gasteiger partial charge in [0.05, 0.1) is 12.5 Å². The van der Waals surface area contributed by atoms with Crippen LogP contribution in [0.3, 0.4) is 0 Å². The van der Waals surface area contributed by atoms with Crippen LogP contribution in [0.15, 0.2) is 42.9 Å². The number of para-hydroxylation sites is 1. The van der Waals surface area contributed by atoms with Gasteiger partial charge in [-0.3, -0.25) is 9.69 Å². The van der Waals surface area contributed by atoms with E-state index in [-0.39, 0.29) is 11.9 Å². The van der Waals surface area contributed by atoms with E-state index in [2.05, 4.69) is 49.4 Å². The monoisotopic (exact) mass is 313 g/mol. The number of amides is 1. The zero-order valence-electron chi connectivity index (χ0n) is 13.4. The number of H-pyrrole nitrogens is 1. The van der Waals surface area contributed by atoms with E-state index in [1.54, 1.807) is 6.20 Å². The molecule has 6 heteroatoms. The molecule has 3 rings (SSSR count). The van der Waals surface area contributed by atoms with Crippen LogP contribution in [0, 0.1) is 0 Å². The van der Waals surface area contributed by atoms with Gasteiger partial charge in [-0.1, -0.05) is 18.2 Å². The first-order valence-electron chi connectivity index (χ1n) is 8.04. The number of nitrogens with one attached hydrogen (secondary N) is 2. The molecule has 1 atom stereocenters. The number of anilines is 1. The Morgan fingerprint density at radius 2 is 2.00 bits per heavy atom. The molecule has 2 heterocycles. The summed E-state index contributed by atoms with van der Waals surface area (Å²) in [7, 11) is 0. The van der Waals surface area contributed by atoms with Crippen LogP contribution < -0.4 is 10.2 Å². The number of aromatic nitrogens is 2. The Hall–Kier alpha value is -2.34. The van der Waals surface area contributed by atoms with Gasteiger partial charge in [0.2, 0.25) is 0 Å². The fourth-order valence-electron chi connectivity index (χ4n) is 2.94. The second-order valence-electron chi connectivity index (χ2n) is 5.96. The lowest BCUT2D eigenvalue weighted by atomic mass is 10.2. The molecular weight excluding hydrogens is 290 g/mol. The molecule has 1 unspecified atom stereocenters. The van der Waals surface area contributed by atoms with E-state index in [0.717, 1.165) is 32.7 Å². The van der Waals surface area contributed by atoms with Crippen LogP contribution in [0.2, 0.25) is 0 Å². The summed E-state index contributed by atoms with van der Waals surface area (Å²) >= 11 is 0. The molecule has 1 fully saturated rings. The minimum absolute atomic E-state index is 0.0991. The Bertz CT molecular complexity index is 605. The molecule has 122 valence electrons. The second-order valence-corrected chi connectivity index (χ2v) is 5.96. The number of imidazole rings is 1. The number of carbonyl (C=O) groups is 1. The molecule has 2 aromatic rings. The van der Waals surface area contributed by atoms with Crippen LogP contribution in [0.1, 0.15) is 17.4 Å². The Morgan fingerprint density at radius 1 is 1.26 bits per heavy atom. The highest BCUT2D eigenvalue weighted by atomic mass is 16.2. The summed E-state index contributed by atoms with van der Waals surface area (Å²) in [5, 5.41) is 3.01. The van der Waals surface area contributed by atoms with Crippen molar-refractivity contribution >= 4 is 11.6 Å². The van der Waals surface area contributed by atoms with Crippen LogP contribution in [0.5, 0.6) is 0 Å². The Labute approximate surface area is 136 Å². The molecule has 2 N–H and O–H groups in total. The molecule has 0 radical (unpaired) electrons. The van der Waals surface area contributed by atoms with Crippen LogP contribution >= 0.6 is 0 Å². The summed E-state index contributed by atoms with van der Waals surface area (Å²) in [6.45, 7) is 6.97. The number of nitrogens with zero attached hydrogens (tertiary/aromatic N) is 3. The molecule has 0 spiro atoms. The normalized spacial score (nSPS) is 17.0. The third kappa shape index (κ3) is 4.10. The van der Waals surface area contributed by atoms with Crippen molar-refractivity contribution in [2.45, 2.75) is 13.0 Å². The molecule has 1 aliphatic rings. The number of hydrogen-bond acceptors (Lipinski definition) is 4. The van der Waals surface area contributed by atoms with Crippen LogP contribution in [0.4, 0.5) is 5.69 Å². The van der Waals surface area contributed by atoms with Crippen LogP contribution in [0.25, 0.3) is 0 Å². The van der Waals surface area contributed by atoms with Gasteiger partial charge < -0.3 is 15.2 Å². The highest BCUT2D eigenvalue weighted by molar-refractivity contribution is 5.92. The largest absolute Gasteiger partial charge is 0.369 e. The third-order valence-electron chi connectivity index (χ3n) is 4.15. The summed E-state index contributed by atoms with van der Waals surface area (Å²) in [6.07, 6.45) is 3.06. The number of rotatable bonds is 5. The highest BCUT2D eigenvalue weighted by Crippen LogP contribution is 2.15. The summed E-state index contributed by atoms with van der Waals surface area (Å²) in [4.78, 5) is 23.5. The lowest BCUT2D eigenvalue weighted by Gasteiger charge is -2.37. The van der Waals surface area contributed by atoms with E-state index in [0.29, 0.717) is 5.69 Å². The van der Waals surface area contributed by atoms with Gasteiger partial charge in [-0.2, -0.15) is 0 Å². The van der Waals surface area contributed by atoms with Crippen molar-refractivity contribution < 1.29 is 4.79 Å². The van der Waals surface area contributed by atoms with E-state index < -0.39 is 0 Å². The Morgan fingerprint density at radius 3 is 2.65 bits per heavy atom. The molecular formula is C17H23N5O. The maximum absolute atomic E-state index is 12.0. The van der Waals surface area contributed by atoms with Crippen molar-refractivity contribution in [2.75, 3.05) is 37.6 Å². The minimum Gasteiger partial charge on any atom is -0.369 e. The first kappa shape index (κ1) is 15.6. The van der Waals surface area contributed by atoms with Gasteiger partial charge in [-0.05, 0) is 19.1 Å². The van der Waals surface area contributed by atoms with Gasteiger partial charge >= 0.3 is 0 Å². The maximum atomic E-state index is 12.0. The molecule has 6 nitrogen and oxygen atoms in total. The summed E-state index contributed by atoms with van der Waals surface area (Å²) in [5.41, 5.74) is 1.79. The van der Waals surface area contributed by atoms with Crippen molar-refractivity contribution in [1.29, 1.82) is 0 Å². The van der Waals surface area contributed by atoms with Crippen molar-refractivity contribution in [1.82, 2.24) is 20.2 Å². The molecule has 0 aliphatic carbocycles. The van der Waals surface area contributed by atoms with Gasteiger partial charge in [-0.25, -0.2) is 4.98 Å². The fourth-order valence-corrected chi connectivity index (χ4v) is 2.94. The van der Waals surface area contributed by atoms with Gasteiger partial charge in [0.25, 0.3) is 5.91 Å². The summed E-state index contributed by atoms with van der Waals surface area (Å²) in [6, 6.07) is 10.6. The molecule has 1 aromatic heterocycles. The molecule has 0 bridgehead atoms.